The fraction of sp³-hybridized carbons (Fsp3) is 0.667. The Labute approximate surface area is 116 Å². The van der Waals surface area contributed by atoms with Crippen LogP contribution >= 0.6 is 0 Å². The zero-order valence-corrected chi connectivity index (χ0v) is 12.4. The lowest BCUT2D eigenvalue weighted by molar-refractivity contribution is 0.0340. The van der Waals surface area contributed by atoms with Gasteiger partial charge in [-0.2, -0.15) is 0 Å². The van der Waals surface area contributed by atoms with Crippen molar-refractivity contribution < 1.29 is 4.74 Å². The first-order chi connectivity index (χ1) is 9.06. The largest absolute Gasteiger partial charge is 0.375 e. The van der Waals surface area contributed by atoms with E-state index in [9.17, 15) is 0 Å². The standard InChI is InChI=1S/C15H25N3O/c1-11(2)16-7-14-5-6-15(17-8-14)18-9-13(4)19-10-12(18)3/h5-6,8,11-13,16H,7,9-10H2,1-4H3. The number of anilines is 1. The molecular weight excluding hydrogens is 238 g/mol. The molecule has 2 unspecified atom stereocenters. The second kappa shape index (κ2) is 6.35. The van der Waals surface area contributed by atoms with Crippen LogP contribution in [0.2, 0.25) is 0 Å². The first-order valence-electron chi connectivity index (χ1n) is 7.13. The summed E-state index contributed by atoms with van der Waals surface area (Å²) in [4.78, 5) is 6.92. The summed E-state index contributed by atoms with van der Waals surface area (Å²) in [6.07, 6.45) is 2.25. The molecule has 1 saturated heterocycles. The van der Waals surface area contributed by atoms with Gasteiger partial charge in [0.1, 0.15) is 5.82 Å². The van der Waals surface area contributed by atoms with Crippen molar-refractivity contribution in [1.82, 2.24) is 10.3 Å². The molecule has 1 aliphatic heterocycles. The Bertz CT molecular complexity index is 391. The van der Waals surface area contributed by atoms with Crippen molar-refractivity contribution in [3.63, 3.8) is 0 Å². The lowest BCUT2D eigenvalue weighted by atomic mass is 10.2. The Morgan fingerprint density at radius 3 is 2.84 bits per heavy atom. The highest BCUT2D eigenvalue weighted by Crippen LogP contribution is 2.19. The SMILES string of the molecule is CC(C)NCc1ccc(N2CC(C)OCC2C)nc1. The van der Waals surface area contributed by atoms with Crippen LogP contribution in [0.25, 0.3) is 0 Å². The zero-order chi connectivity index (χ0) is 13.8. The molecule has 106 valence electrons. The lowest BCUT2D eigenvalue weighted by Gasteiger charge is -2.37. The third-order valence-electron chi connectivity index (χ3n) is 3.43. The summed E-state index contributed by atoms with van der Waals surface area (Å²) < 4.78 is 5.65. The molecule has 0 aromatic carbocycles. The predicted octanol–water partition coefficient (Wildman–Crippen LogP) is 2.19. The molecular formula is C15H25N3O. The van der Waals surface area contributed by atoms with E-state index in [0.29, 0.717) is 12.1 Å². The van der Waals surface area contributed by atoms with E-state index in [4.69, 9.17) is 4.74 Å². The van der Waals surface area contributed by atoms with E-state index >= 15 is 0 Å². The summed E-state index contributed by atoms with van der Waals surface area (Å²) >= 11 is 0. The number of nitrogens with zero attached hydrogens (tertiary/aromatic N) is 2. The van der Waals surface area contributed by atoms with Gasteiger partial charge in [0.05, 0.1) is 18.8 Å². The summed E-state index contributed by atoms with van der Waals surface area (Å²) in [5.41, 5.74) is 1.23. The molecule has 0 radical (unpaired) electrons. The molecule has 2 heterocycles. The molecule has 1 aliphatic rings. The Morgan fingerprint density at radius 2 is 2.21 bits per heavy atom. The number of hydrogen-bond donors (Lipinski definition) is 1. The fourth-order valence-corrected chi connectivity index (χ4v) is 2.24. The maximum Gasteiger partial charge on any atom is 0.128 e. The van der Waals surface area contributed by atoms with Crippen LogP contribution in [0.4, 0.5) is 5.82 Å². The molecule has 1 fully saturated rings. The molecule has 0 aliphatic carbocycles. The molecule has 2 rings (SSSR count). The van der Waals surface area contributed by atoms with Crippen LogP contribution in [-0.2, 0) is 11.3 Å². The smallest absolute Gasteiger partial charge is 0.128 e. The fourth-order valence-electron chi connectivity index (χ4n) is 2.24. The molecule has 4 nitrogen and oxygen atoms in total. The third kappa shape index (κ3) is 3.91. The van der Waals surface area contributed by atoms with Crippen LogP contribution in [-0.4, -0.2) is 36.3 Å². The minimum absolute atomic E-state index is 0.278. The van der Waals surface area contributed by atoms with Crippen LogP contribution in [0.1, 0.15) is 33.3 Å². The van der Waals surface area contributed by atoms with E-state index < -0.39 is 0 Å². The highest BCUT2D eigenvalue weighted by molar-refractivity contribution is 5.41. The number of aromatic nitrogens is 1. The highest BCUT2D eigenvalue weighted by atomic mass is 16.5. The van der Waals surface area contributed by atoms with Gasteiger partial charge in [-0.15, -0.1) is 0 Å². The van der Waals surface area contributed by atoms with Gasteiger partial charge in [-0.3, -0.25) is 0 Å². The Balaban J connectivity index is 2.00. The number of morpholine rings is 1. The molecule has 0 bridgehead atoms. The minimum atomic E-state index is 0.278. The predicted molar refractivity (Wildman–Crippen MR) is 78.4 cm³/mol. The van der Waals surface area contributed by atoms with Gasteiger partial charge in [-0.25, -0.2) is 4.98 Å². The van der Waals surface area contributed by atoms with Gasteiger partial charge < -0.3 is 15.0 Å². The first-order valence-corrected chi connectivity index (χ1v) is 7.13. The van der Waals surface area contributed by atoms with Gasteiger partial charge in [-0.1, -0.05) is 19.9 Å². The Kier molecular flexibility index (Phi) is 4.77. The van der Waals surface area contributed by atoms with Gasteiger partial charge in [0.25, 0.3) is 0 Å². The van der Waals surface area contributed by atoms with Crippen molar-refractivity contribution >= 4 is 5.82 Å². The molecule has 0 saturated carbocycles. The number of pyridine rings is 1. The van der Waals surface area contributed by atoms with E-state index in [0.717, 1.165) is 25.5 Å². The van der Waals surface area contributed by atoms with Crippen LogP contribution in [0, 0.1) is 0 Å². The molecule has 2 atom stereocenters. The highest BCUT2D eigenvalue weighted by Gasteiger charge is 2.24. The minimum Gasteiger partial charge on any atom is -0.375 e. The van der Waals surface area contributed by atoms with Crippen molar-refractivity contribution in [2.45, 2.75) is 52.4 Å². The van der Waals surface area contributed by atoms with E-state index in [-0.39, 0.29) is 6.10 Å². The summed E-state index contributed by atoms with van der Waals surface area (Å²) in [7, 11) is 0. The molecule has 0 spiro atoms. The summed E-state index contributed by atoms with van der Waals surface area (Å²) in [5, 5.41) is 3.40. The maximum absolute atomic E-state index is 5.65. The molecule has 0 amide bonds. The second-order valence-electron chi connectivity index (χ2n) is 5.71. The summed E-state index contributed by atoms with van der Waals surface area (Å²) in [5.74, 6) is 1.05. The lowest BCUT2D eigenvalue weighted by Crippen LogP contribution is -2.47. The number of nitrogens with one attached hydrogen (secondary N) is 1. The van der Waals surface area contributed by atoms with E-state index in [1.54, 1.807) is 0 Å². The molecule has 1 aromatic heterocycles. The van der Waals surface area contributed by atoms with Gasteiger partial charge in [-0.05, 0) is 25.5 Å². The normalized spacial score (nSPS) is 23.9. The first kappa shape index (κ1) is 14.3. The summed E-state index contributed by atoms with van der Waals surface area (Å²) in [6.45, 7) is 11.2. The topological polar surface area (TPSA) is 37.4 Å². The molecule has 1 N–H and O–H groups in total. The van der Waals surface area contributed by atoms with Crippen LogP contribution in [0.15, 0.2) is 18.3 Å². The number of rotatable bonds is 4. The Hall–Kier alpha value is -1.13. The van der Waals surface area contributed by atoms with Gasteiger partial charge in [0.2, 0.25) is 0 Å². The average Bonchev–Trinajstić information content (AvgIpc) is 2.40. The maximum atomic E-state index is 5.65. The monoisotopic (exact) mass is 263 g/mol. The average molecular weight is 263 g/mol. The van der Waals surface area contributed by atoms with Crippen LogP contribution in [0.5, 0.6) is 0 Å². The quantitative estimate of drug-likeness (QED) is 0.903. The second-order valence-corrected chi connectivity index (χ2v) is 5.71. The molecule has 4 heteroatoms. The van der Waals surface area contributed by atoms with Crippen LogP contribution in [0.3, 0.4) is 0 Å². The van der Waals surface area contributed by atoms with Gasteiger partial charge in [0.15, 0.2) is 0 Å². The van der Waals surface area contributed by atoms with E-state index in [1.165, 1.54) is 5.56 Å². The Morgan fingerprint density at radius 1 is 1.42 bits per heavy atom. The summed E-state index contributed by atoms with van der Waals surface area (Å²) in [6, 6.07) is 5.17. The van der Waals surface area contributed by atoms with Gasteiger partial charge >= 0.3 is 0 Å². The molecule has 1 aromatic rings. The zero-order valence-electron chi connectivity index (χ0n) is 12.4. The van der Waals surface area contributed by atoms with Crippen LogP contribution < -0.4 is 10.2 Å². The molecule has 19 heavy (non-hydrogen) atoms. The number of hydrogen-bond acceptors (Lipinski definition) is 4. The van der Waals surface area contributed by atoms with Gasteiger partial charge in [0, 0.05) is 25.3 Å². The van der Waals surface area contributed by atoms with Crippen molar-refractivity contribution in [2.75, 3.05) is 18.1 Å². The van der Waals surface area contributed by atoms with Crippen molar-refractivity contribution in [3.8, 4) is 0 Å². The van der Waals surface area contributed by atoms with Crippen molar-refractivity contribution in [3.05, 3.63) is 23.9 Å². The van der Waals surface area contributed by atoms with Crippen molar-refractivity contribution in [1.29, 1.82) is 0 Å². The number of ether oxygens (including phenoxy) is 1. The van der Waals surface area contributed by atoms with E-state index in [1.807, 2.05) is 6.20 Å². The van der Waals surface area contributed by atoms with E-state index in [2.05, 4.69) is 55.0 Å². The third-order valence-corrected chi connectivity index (χ3v) is 3.43. The van der Waals surface area contributed by atoms with Crippen molar-refractivity contribution in [2.24, 2.45) is 0 Å².